The zero-order valence-electron chi connectivity index (χ0n) is 15.5. The lowest BCUT2D eigenvalue weighted by Gasteiger charge is -2.30. The molecule has 0 aliphatic carbocycles. The standard InChI is InChI=1S/C20H23F3N2OS/c1-19(2,12-17(26)25-10-4-3-5-11-25)16-13-27-18(24-16)14-6-8-15(9-7-14)20(21,22)23/h6-9,13H,3-5,10-12H2,1-2H3. The maximum absolute atomic E-state index is 12.7. The van der Waals surface area contributed by atoms with Crippen molar-refractivity contribution in [1.29, 1.82) is 0 Å². The molecule has 1 aromatic carbocycles. The van der Waals surface area contributed by atoms with Gasteiger partial charge in [0.05, 0.1) is 11.3 Å². The normalized spacial score (nSPS) is 15.8. The van der Waals surface area contributed by atoms with Crippen molar-refractivity contribution in [3.8, 4) is 10.6 Å². The van der Waals surface area contributed by atoms with E-state index in [0.29, 0.717) is 17.0 Å². The molecule has 1 saturated heterocycles. The summed E-state index contributed by atoms with van der Waals surface area (Å²) in [4.78, 5) is 19.1. The third kappa shape index (κ3) is 4.69. The summed E-state index contributed by atoms with van der Waals surface area (Å²) in [5, 5.41) is 2.56. The Balaban J connectivity index is 1.72. The largest absolute Gasteiger partial charge is 0.416 e. The Morgan fingerprint density at radius 1 is 1.11 bits per heavy atom. The van der Waals surface area contributed by atoms with E-state index in [1.165, 1.54) is 29.9 Å². The molecule has 1 aromatic heterocycles. The molecule has 1 aliphatic rings. The predicted octanol–water partition coefficient (Wildman–Crippen LogP) is 5.51. The lowest BCUT2D eigenvalue weighted by atomic mass is 9.85. The van der Waals surface area contributed by atoms with Crippen molar-refractivity contribution in [2.45, 2.75) is 51.1 Å². The van der Waals surface area contributed by atoms with Crippen LogP contribution in [0.5, 0.6) is 0 Å². The molecule has 27 heavy (non-hydrogen) atoms. The van der Waals surface area contributed by atoms with Gasteiger partial charge in [-0.25, -0.2) is 4.98 Å². The molecule has 0 N–H and O–H groups in total. The third-order valence-electron chi connectivity index (χ3n) is 4.96. The van der Waals surface area contributed by atoms with E-state index in [0.717, 1.165) is 43.8 Å². The quantitative estimate of drug-likeness (QED) is 0.683. The van der Waals surface area contributed by atoms with Crippen LogP contribution >= 0.6 is 11.3 Å². The molecule has 0 atom stereocenters. The highest BCUT2D eigenvalue weighted by Crippen LogP contribution is 2.35. The number of amides is 1. The van der Waals surface area contributed by atoms with Gasteiger partial charge in [0.1, 0.15) is 5.01 Å². The Hall–Kier alpha value is -1.89. The number of likely N-dealkylation sites (tertiary alicyclic amines) is 1. The van der Waals surface area contributed by atoms with Gasteiger partial charge in [-0.05, 0) is 31.4 Å². The van der Waals surface area contributed by atoms with Crippen molar-refractivity contribution in [2.24, 2.45) is 0 Å². The minimum absolute atomic E-state index is 0.142. The maximum atomic E-state index is 12.7. The summed E-state index contributed by atoms with van der Waals surface area (Å²) in [6.45, 7) is 5.62. The van der Waals surface area contributed by atoms with E-state index in [1.807, 2.05) is 24.1 Å². The Morgan fingerprint density at radius 2 is 1.74 bits per heavy atom. The molecule has 0 bridgehead atoms. The molecule has 3 rings (SSSR count). The van der Waals surface area contributed by atoms with Crippen molar-refractivity contribution < 1.29 is 18.0 Å². The molecule has 0 saturated carbocycles. The van der Waals surface area contributed by atoms with Crippen LogP contribution in [0.15, 0.2) is 29.6 Å². The predicted molar refractivity (Wildman–Crippen MR) is 101 cm³/mol. The number of alkyl halides is 3. The van der Waals surface area contributed by atoms with Gasteiger partial charge in [-0.3, -0.25) is 4.79 Å². The van der Waals surface area contributed by atoms with E-state index >= 15 is 0 Å². The second-order valence-electron chi connectivity index (χ2n) is 7.62. The van der Waals surface area contributed by atoms with E-state index in [2.05, 4.69) is 4.98 Å². The van der Waals surface area contributed by atoms with Gasteiger partial charge in [0, 0.05) is 35.9 Å². The first-order valence-electron chi connectivity index (χ1n) is 9.08. The number of nitrogens with zero attached hydrogens (tertiary/aromatic N) is 2. The number of thiazole rings is 1. The second-order valence-corrected chi connectivity index (χ2v) is 8.47. The number of carbonyl (C=O) groups excluding carboxylic acids is 1. The van der Waals surface area contributed by atoms with Crippen molar-refractivity contribution in [2.75, 3.05) is 13.1 Å². The van der Waals surface area contributed by atoms with Crippen molar-refractivity contribution in [3.05, 3.63) is 40.9 Å². The number of hydrogen-bond donors (Lipinski definition) is 0. The molecule has 1 aliphatic heterocycles. The monoisotopic (exact) mass is 396 g/mol. The van der Waals surface area contributed by atoms with Crippen LogP contribution in [0.1, 0.15) is 50.8 Å². The second kappa shape index (κ2) is 7.62. The van der Waals surface area contributed by atoms with E-state index in [9.17, 15) is 18.0 Å². The molecule has 1 amide bonds. The first-order valence-corrected chi connectivity index (χ1v) is 9.96. The molecule has 146 valence electrons. The highest BCUT2D eigenvalue weighted by atomic mass is 32.1. The zero-order valence-corrected chi connectivity index (χ0v) is 16.3. The number of benzene rings is 1. The van der Waals surface area contributed by atoms with Gasteiger partial charge in [-0.1, -0.05) is 26.0 Å². The van der Waals surface area contributed by atoms with Crippen molar-refractivity contribution >= 4 is 17.2 Å². The molecule has 2 heterocycles. The van der Waals surface area contributed by atoms with E-state index in [-0.39, 0.29) is 5.91 Å². The van der Waals surface area contributed by atoms with Crippen LogP contribution in [0.4, 0.5) is 13.2 Å². The highest BCUT2D eigenvalue weighted by Gasteiger charge is 2.31. The minimum Gasteiger partial charge on any atom is -0.343 e. The fourth-order valence-electron chi connectivity index (χ4n) is 3.24. The van der Waals surface area contributed by atoms with Crippen LogP contribution in [0.25, 0.3) is 10.6 Å². The lowest BCUT2D eigenvalue weighted by Crippen LogP contribution is -2.38. The molecule has 2 aromatic rings. The fourth-order valence-corrected chi connectivity index (χ4v) is 4.26. The molecular weight excluding hydrogens is 373 g/mol. The number of halogens is 3. The zero-order chi connectivity index (χ0) is 19.7. The first-order chi connectivity index (χ1) is 12.7. The lowest BCUT2D eigenvalue weighted by molar-refractivity contribution is -0.137. The molecule has 0 unspecified atom stereocenters. The summed E-state index contributed by atoms with van der Waals surface area (Å²) in [6, 6.07) is 5.03. The number of piperidine rings is 1. The Bertz CT molecular complexity index is 790. The number of carbonyl (C=O) groups is 1. The van der Waals surface area contributed by atoms with Crippen LogP contribution in [0, 0.1) is 0 Å². The molecule has 0 radical (unpaired) electrons. The van der Waals surface area contributed by atoms with Crippen LogP contribution in [-0.4, -0.2) is 28.9 Å². The van der Waals surface area contributed by atoms with Gasteiger partial charge < -0.3 is 4.90 Å². The minimum atomic E-state index is -4.34. The Labute approximate surface area is 161 Å². The first kappa shape index (κ1) is 19.9. The summed E-state index contributed by atoms with van der Waals surface area (Å²) in [5.41, 5.74) is 0.357. The molecule has 3 nitrogen and oxygen atoms in total. The third-order valence-corrected chi connectivity index (χ3v) is 5.85. The Kier molecular flexibility index (Phi) is 5.60. The fraction of sp³-hybridized carbons (Fsp3) is 0.500. The van der Waals surface area contributed by atoms with Gasteiger partial charge in [-0.2, -0.15) is 13.2 Å². The molecule has 1 fully saturated rings. The molecule has 7 heteroatoms. The van der Waals surface area contributed by atoms with Crippen LogP contribution < -0.4 is 0 Å². The SMILES string of the molecule is CC(C)(CC(=O)N1CCCCC1)c1csc(-c2ccc(C(F)(F)F)cc2)n1. The topological polar surface area (TPSA) is 33.2 Å². The van der Waals surface area contributed by atoms with Crippen LogP contribution in [-0.2, 0) is 16.4 Å². The van der Waals surface area contributed by atoms with Gasteiger partial charge in [-0.15, -0.1) is 11.3 Å². The summed E-state index contributed by atoms with van der Waals surface area (Å²) < 4.78 is 38.1. The van der Waals surface area contributed by atoms with E-state index in [1.54, 1.807) is 0 Å². The van der Waals surface area contributed by atoms with E-state index < -0.39 is 17.2 Å². The summed E-state index contributed by atoms with van der Waals surface area (Å²) in [5.74, 6) is 0.142. The van der Waals surface area contributed by atoms with Gasteiger partial charge in [0.25, 0.3) is 0 Å². The Morgan fingerprint density at radius 3 is 2.33 bits per heavy atom. The smallest absolute Gasteiger partial charge is 0.343 e. The molecule has 0 spiro atoms. The number of hydrogen-bond acceptors (Lipinski definition) is 3. The number of rotatable bonds is 4. The summed E-state index contributed by atoms with van der Waals surface area (Å²) >= 11 is 1.39. The van der Waals surface area contributed by atoms with Gasteiger partial charge in [0.2, 0.25) is 5.91 Å². The summed E-state index contributed by atoms with van der Waals surface area (Å²) in [6.07, 6.45) is -0.676. The maximum Gasteiger partial charge on any atom is 0.416 e. The highest BCUT2D eigenvalue weighted by molar-refractivity contribution is 7.13. The van der Waals surface area contributed by atoms with Gasteiger partial charge >= 0.3 is 6.18 Å². The van der Waals surface area contributed by atoms with Crippen LogP contribution in [0.3, 0.4) is 0 Å². The molecular formula is C20H23F3N2OS. The average molecular weight is 396 g/mol. The average Bonchev–Trinajstić information content (AvgIpc) is 3.13. The van der Waals surface area contributed by atoms with Gasteiger partial charge in [0.15, 0.2) is 0 Å². The van der Waals surface area contributed by atoms with Crippen molar-refractivity contribution in [3.63, 3.8) is 0 Å². The van der Waals surface area contributed by atoms with E-state index in [4.69, 9.17) is 0 Å². The summed E-state index contributed by atoms with van der Waals surface area (Å²) in [7, 11) is 0. The van der Waals surface area contributed by atoms with Crippen LogP contribution in [0.2, 0.25) is 0 Å². The van der Waals surface area contributed by atoms with Crippen molar-refractivity contribution in [1.82, 2.24) is 9.88 Å². The number of aromatic nitrogens is 1.